The molecule has 9 heteroatoms. The summed E-state index contributed by atoms with van der Waals surface area (Å²) in [4.78, 5) is 14.2. The van der Waals surface area contributed by atoms with Crippen molar-refractivity contribution in [3.63, 3.8) is 0 Å². The fourth-order valence-corrected chi connectivity index (χ4v) is 2.96. The van der Waals surface area contributed by atoms with Gasteiger partial charge in [-0.1, -0.05) is 0 Å². The Labute approximate surface area is 160 Å². The second-order valence-electron chi connectivity index (χ2n) is 6.19. The number of hydrogen-bond donors (Lipinski definition) is 0. The number of carbonyl (C=O) groups excluding carboxylic acids is 1. The van der Waals surface area contributed by atoms with Gasteiger partial charge in [-0.2, -0.15) is 15.3 Å². The summed E-state index contributed by atoms with van der Waals surface area (Å²) in [6.07, 6.45) is 3.70. The first-order valence-corrected chi connectivity index (χ1v) is 9.19. The van der Waals surface area contributed by atoms with E-state index in [2.05, 4.69) is 31.2 Å². The van der Waals surface area contributed by atoms with E-state index >= 15 is 0 Å². The third-order valence-electron chi connectivity index (χ3n) is 4.20. The molecule has 0 aliphatic carbocycles. The third-order valence-corrected chi connectivity index (χ3v) is 5.35. The molecule has 0 aliphatic heterocycles. The van der Waals surface area contributed by atoms with Crippen LogP contribution in [0.2, 0.25) is 0 Å². The van der Waals surface area contributed by atoms with Crippen molar-refractivity contribution < 1.29 is 4.79 Å². The molecule has 0 atom stereocenters. The van der Waals surface area contributed by atoms with Crippen LogP contribution in [-0.2, 0) is 19.8 Å². The Kier molecular flexibility index (Phi) is 5.26. The van der Waals surface area contributed by atoms with Gasteiger partial charge in [0, 0.05) is 26.0 Å². The molecule has 0 bridgehead atoms. The zero-order valence-corrected chi connectivity index (χ0v) is 16.9. The van der Waals surface area contributed by atoms with Crippen molar-refractivity contribution in [2.24, 2.45) is 0 Å². The van der Waals surface area contributed by atoms with Crippen LogP contribution in [0.3, 0.4) is 0 Å². The predicted octanol–water partition coefficient (Wildman–Crippen LogP) is 2.45. The molecule has 0 aromatic carbocycles. The van der Waals surface area contributed by atoms with Gasteiger partial charge in [0.25, 0.3) is 5.91 Å². The van der Waals surface area contributed by atoms with E-state index in [1.807, 2.05) is 42.4 Å². The van der Waals surface area contributed by atoms with Crippen LogP contribution in [0.4, 0.5) is 0 Å². The monoisotopic (exact) mass is 419 g/mol. The molecule has 3 rings (SSSR count). The van der Waals surface area contributed by atoms with Crippen LogP contribution in [0, 0.1) is 13.8 Å². The smallest absolute Gasteiger partial charge is 0.274 e. The molecule has 0 unspecified atom stereocenters. The average Bonchev–Trinajstić information content (AvgIpc) is 3.32. The van der Waals surface area contributed by atoms with E-state index in [9.17, 15) is 4.79 Å². The summed E-state index contributed by atoms with van der Waals surface area (Å²) in [5.74, 6) is -0.135. The van der Waals surface area contributed by atoms with E-state index in [0.29, 0.717) is 18.9 Å². The highest BCUT2D eigenvalue weighted by Crippen LogP contribution is 2.19. The predicted molar refractivity (Wildman–Crippen MR) is 101 cm³/mol. The Morgan fingerprint density at radius 1 is 1.15 bits per heavy atom. The van der Waals surface area contributed by atoms with E-state index in [0.717, 1.165) is 28.1 Å². The second kappa shape index (κ2) is 7.45. The summed E-state index contributed by atoms with van der Waals surface area (Å²) in [6.45, 7) is 7.67. The number of nitrogens with zero attached hydrogens (tertiary/aromatic N) is 7. The number of aromatic nitrogens is 6. The number of hydrogen-bond acceptors (Lipinski definition) is 4. The molecule has 3 aromatic rings. The molecule has 26 heavy (non-hydrogen) atoms. The maximum absolute atomic E-state index is 12.6. The van der Waals surface area contributed by atoms with Crippen molar-refractivity contribution in [1.82, 2.24) is 34.2 Å². The Hall–Kier alpha value is -2.42. The van der Waals surface area contributed by atoms with E-state index in [4.69, 9.17) is 0 Å². The first-order chi connectivity index (χ1) is 12.4. The summed E-state index contributed by atoms with van der Waals surface area (Å²) in [5, 5.41) is 13.3. The Morgan fingerprint density at radius 2 is 1.88 bits per heavy atom. The molecular weight excluding hydrogens is 398 g/mol. The fourth-order valence-electron chi connectivity index (χ4n) is 2.68. The summed E-state index contributed by atoms with van der Waals surface area (Å²) >= 11 is 3.52. The minimum atomic E-state index is -0.135. The van der Waals surface area contributed by atoms with Gasteiger partial charge in [-0.3, -0.25) is 14.2 Å². The lowest BCUT2D eigenvalue weighted by Crippen LogP contribution is -2.27. The van der Waals surface area contributed by atoms with Gasteiger partial charge in [0.1, 0.15) is 12.4 Å². The third kappa shape index (κ3) is 3.72. The van der Waals surface area contributed by atoms with Crippen molar-refractivity contribution in [1.29, 1.82) is 0 Å². The zero-order chi connectivity index (χ0) is 18.8. The molecule has 0 saturated heterocycles. The summed E-state index contributed by atoms with van der Waals surface area (Å²) in [6, 6.07) is 3.65. The van der Waals surface area contributed by atoms with Crippen molar-refractivity contribution in [2.45, 2.75) is 40.5 Å². The molecule has 0 radical (unpaired) electrons. The fraction of sp³-hybridized carbons (Fsp3) is 0.412. The van der Waals surface area contributed by atoms with Crippen molar-refractivity contribution in [2.75, 3.05) is 7.05 Å². The lowest BCUT2D eigenvalue weighted by molar-refractivity contribution is 0.0776. The van der Waals surface area contributed by atoms with Crippen LogP contribution in [-0.4, -0.2) is 47.2 Å². The van der Waals surface area contributed by atoms with Gasteiger partial charge in [-0.05, 0) is 48.8 Å². The first kappa shape index (κ1) is 18.4. The SMILES string of the molecule is CCn1ccc(CN(C)C(=O)c2ccn(Cn3nc(C)c(Br)c3C)n2)n1. The van der Waals surface area contributed by atoms with Gasteiger partial charge < -0.3 is 4.90 Å². The molecule has 138 valence electrons. The molecule has 0 spiro atoms. The normalized spacial score (nSPS) is 11.1. The maximum Gasteiger partial charge on any atom is 0.274 e. The van der Waals surface area contributed by atoms with E-state index in [-0.39, 0.29) is 5.91 Å². The number of aryl methyl sites for hydroxylation is 2. The summed E-state index contributed by atoms with van der Waals surface area (Å²) in [7, 11) is 1.75. The lowest BCUT2D eigenvalue weighted by atomic mass is 10.3. The zero-order valence-electron chi connectivity index (χ0n) is 15.3. The molecule has 0 fully saturated rings. The molecule has 3 heterocycles. The molecule has 0 saturated carbocycles. The number of amides is 1. The number of carbonyl (C=O) groups is 1. The van der Waals surface area contributed by atoms with E-state index in [1.54, 1.807) is 28.9 Å². The van der Waals surface area contributed by atoms with E-state index < -0.39 is 0 Å². The highest BCUT2D eigenvalue weighted by molar-refractivity contribution is 9.10. The van der Waals surface area contributed by atoms with Crippen LogP contribution in [0.25, 0.3) is 0 Å². The van der Waals surface area contributed by atoms with Gasteiger partial charge in [0.15, 0.2) is 0 Å². The van der Waals surface area contributed by atoms with Gasteiger partial charge in [-0.25, -0.2) is 4.68 Å². The average molecular weight is 420 g/mol. The first-order valence-electron chi connectivity index (χ1n) is 8.39. The van der Waals surface area contributed by atoms with Crippen LogP contribution in [0.5, 0.6) is 0 Å². The second-order valence-corrected chi connectivity index (χ2v) is 6.98. The Morgan fingerprint density at radius 3 is 2.50 bits per heavy atom. The summed E-state index contributed by atoms with van der Waals surface area (Å²) in [5.41, 5.74) is 3.21. The minimum Gasteiger partial charge on any atom is -0.334 e. The van der Waals surface area contributed by atoms with Crippen LogP contribution in [0.15, 0.2) is 29.0 Å². The Balaban J connectivity index is 1.68. The standard InChI is InChI=1S/C17H22BrN7O/c1-5-23-8-6-14(20-23)10-22(4)17(26)15-7-9-24(21-15)11-25-13(3)16(18)12(2)19-25/h6-9H,5,10-11H2,1-4H3. The minimum absolute atomic E-state index is 0.135. The van der Waals surface area contributed by atoms with E-state index in [1.165, 1.54) is 0 Å². The quantitative estimate of drug-likeness (QED) is 0.614. The Bertz CT molecular complexity index is 924. The molecule has 1 amide bonds. The molecule has 3 aromatic heterocycles. The molecule has 0 aliphatic rings. The van der Waals surface area contributed by atoms with Crippen LogP contribution >= 0.6 is 15.9 Å². The molecule has 8 nitrogen and oxygen atoms in total. The molecule has 0 N–H and O–H groups in total. The number of halogens is 1. The number of rotatable bonds is 6. The van der Waals surface area contributed by atoms with Crippen LogP contribution < -0.4 is 0 Å². The highest BCUT2D eigenvalue weighted by atomic mass is 79.9. The van der Waals surface area contributed by atoms with Gasteiger partial charge in [0.05, 0.1) is 28.1 Å². The van der Waals surface area contributed by atoms with Gasteiger partial charge in [-0.15, -0.1) is 0 Å². The largest absolute Gasteiger partial charge is 0.334 e. The molecular formula is C17H22BrN7O. The van der Waals surface area contributed by atoms with Crippen molar-refractivity contribution >= 4 is 21.8 Å². The highest BCUT2D eigenvalue weighted by Gasteiger charge is 2.17. The summed E-state index contributed by atoms with van der Waals surface area (Å²) < 4.78 is 6.39. The maximum atomic E-state index is 12.6. The van der Waals surface area contributed by atoms with Gasteiger partial charge in [0.2, 0.25) is 0 Å². The van der Waals surface area contributed by atoms with Gasteiger partial charge >= 0.3 is 0 Å². The lowest BCUT2D eigenvalue weighted by Gasteiger charge is -2.14. The topological polar surface area (TPSA) is 73.8 Å². The van der Waals surface area contributed by atoms with Crippen molar-refractivity contribution in [3.05, 3.63) is 51.8 Å². The van der Waals surface area contributed by atoms with Crippen LogP contribution in [0.1, 0.15) is 34.5 Å². The van der Waals surface area contributed by atoms with Crippen molar-refractivity contribution in [3.8, 4) is 0 Å².